The number of alkyl halides is 1. The Morgan fingerprint density at radius 1 is 1.47 bits per heavy atom. The molecule has 1 aliphatic rings. The Bertz CT molecular complexity index is 991. The Labute approximate surface area is 174 Å². The number of aromatic amines is 1. The minimum atomic E-state index is -1.27. The van der Waals surface area contributed by atoms with Gasteiger partial charge in [-0.25, -0.2) is 9.18 Å². The molecule has 30 heavy (non-hydrogen) atoms. The third-order valence-electron chi connectivity index (χ3n) is 4.89. The monoisotopic (exact) mass is 415 g/mol. The van der Waals surface area contributed by atoms with E-state index in [-0.39, 0.29) is 19.4 Å². The number of carbonyl (C=O) groups excluding carboxylic acids is 2. The van der Waals surface area contributed by atoms with Gasteiger partial charge in [-0.2, -0.15) is 5.26 Å². The Morgan fingerprint density at radius 2 is 2.20 bits per heavy atom. The van der Waals surface area contributed by atoms with Crippen molar-refractivity contribution in [1.82, 2.24) is 15.2 Å². The highest BCUT2D eigenvalue weighted by atomic mass is 19.1. The highest BCUT2D eigenvalue weighted by molar-refractivity contribution is 5.90. The van der Waals surface area contributed by atoms with Gasteiger partial charge < -0.3 is 25.7 Å². The lowest BCUT2D eigenvalue weighted by Gasteiger charge is -2.27. The van der Waals surface area contributed by atoms with Crippen LogP contribution < -0.4 is 11.1 Å². The van der Waals surface area contributed by atoms with E-state index >= 15 is 0 Å². The number of ether oxygens (including phenoxy) is 1. The first kappa shape index (κ1) is 21.4. The topological polar surface area (TPSA) is 124 Å². The lowest BCUT2D eigenvalue weighted by Crippen LogP contribution is -2.52. The zero-order chi connectivity index (χ0) is 22.1. The fraction of sp³-hybridized carbons (Fsp3) is 0.476. The largest absolute Gasteiger partial charge is 0.444 e. The number of carbonyl (C=O) groups is 2. The quantitative estimate of drug-likeness (QED) is 0.662. The number of fused-ring (bicyclic) bond motifs is 1. The molecule has 0 aliphatic carbocycles. The predicted molar refractivity (Wildman–Crippen MR) is 110 cm³/mol. The predicted octanol–water partition coefficient (Wildman–Crippen LogP) is 2.65. The molecule has 1 aliphatic heterocycles. The van der Waals surface area contributed by atoms with E-state index in [1.807, 2.05) is 12.1 Å². The van der Waals surface area contributed by atoms with Gasteiger partial charge in [0, 0.05) is 35.6 Å². The van der Waals surface area contributed by atoms with Gasteiger partial charge in [-0.1, -0.05) is 0 Å². The molecule has 3 unspecified atom stereocenters. The van der Waals surface area contributed by atoms with Crippen LogP contribution in [0.4, 0.5) is 14.9 Å². The number of hydrogen-bond donors (Lipinski definition) is 3. The Morgan fingerprint density at radius 3 is 2.87 bits per heavy atom. The van der Waals surface area contributed by atoms with Crippen LogP contribution in [0.5, 0.6) is 0 Å². The number of nitrogen functional groups attached to an aromatic ring is 1. The maximum Gasteiger partial charge on any atom is 0.408 e. The van der Waals surface area contributed by atoms with E-state index in [2.05, 4.69) is 10.3 Å². The van der Waals surface area contributed by atoms with Gasteiger partial charge in [-0.05, 0) is 44.5 Å². The average Bonchev–Trinajstić information content (AvgIpc) is 3.22. The first-order valence-electron chi connectivity index (χ1n) is 9.76. The molecule has 1 aromatic carbocycles. The number of anilines is 1. The van der Waals surface area contributed by atoms with E-state index in [1.54, 1.807) is 39.1 Å². The first-order chi connectivity index (χ1) is 14.1. The van der Waals surface area contributed by atoms with Crippen molar-refractivity contribution in [3.05, 3.63) is 30.0 Å². The van der Waals surface area contributed by atoms with Crippen molar-refractivity contribution in [2.45, 2.75) is 57.5 Å². The van der Waals surface area contributed by atoms with Crippen molar-refractivity contribution in [3.63, 3.8) is 0 Å². The zero-order valence-electron chi connectivity index (χ0n) is 17.2. The highest BCUT2D eigenvalue weighted by Crippen LogP contribution is 2.25. The summed E-state index contributed by atoms with van der Waals surface area (Å²) >= 11 is 0. The summed E-state index contributed by atoms with van der Waals surface area (Å²) in [6, 6.07) is 5.44. The number of H-pyrrole nitrogens is 1. The number of rotatable bonds is 4. The van der Waals surface area contributed by atoms with E-state index < -0.39 is 35.9 Å². The molecule has 1 aromatic heterocycles. The van der Waals surface area contributed by atoms with Gasteiger partial charge in [0.15, 0.2) is 0 Å². The Hall–Kier alpha value is -3.28. The van der Waals surface area contributed by atoms with Crippen molar-refractivity contribution >= 4 is 28.6 Å². The maximum absolute atomic E-state index is 13.9. The molecule has 2 amide bonds. The summed E-state index contributed by atoms with van der Waals surface area (Å²) in [7, 11) is 0. The van der Waals surface area contributed by atoms with E-state index in [0.717, 1.165) is 16.5 Å². The third kappa shape index (κ3) is 4.82. The number of nitrogens with zero attached hydrogens (tertiary/aromatic N) is 2. The smallest absolute Gasteiger partial charge is 0.408 e. The third-order valence-corrected chi connectivity index (χ3v) is 4.89. The van der Waals surface area contributed by atoms with Crippen LogP contribution in [0.2, 0.25) is 0 Å². The molecular weight excluding hydrogens is 389 g/mol. The number of likely N-dealkylation sites (tertiary alicyclic amines) is 1. The zero-order valence-corrected chi connectivity index (χ0v) is 17.2. The molecule has 1 saturated heterocycles. The van der Waals surface area contributed by atoms with Crippen LogP contribution in [0, 0.1) is 11.3 Å². The number of alkyl carbamates (subject to hydrolysis) is 1. The van der Waals surface area contributed by atoms with E-state index in [0.29, 0.717) is 5.69 Å². The van der Waals surface area contributed by atoms with Gasteiger partial charge in [-0.3, -0.25) is 4.79 Å². The Kier molecular flexibility index (Phi) is 5.87. The van der Waals surface area contributed by atoms with Crippen molar-refractivity contribution in [3.8, 4) is 6.07 Å². The molecule has 0 spiro atoms. The normalized spacial score (nSPS) is 20.0. The van der Waals surface area contributed by atoms with Gasteiger partial charge >= 0.3 is 6.09 Å². The molecule has 2 aromatic rings. The molecule has 0 radical (unpaired) electrons. The second-order valence-corrected chi connectivity index (χ2v) is 8.49. The lowest BCUT2D eigenvalue weighted by molar-refractivity contribution is -0.133. The summed E-state index contributed by atoms with van der Waals surface area (Å²) in [5.41, 5.74) is 7.30. The SMILES string of the molecule is CC(C)(C)OC(=O)NC(Cc1c[nH]c2ccc(N)cc12)C(=O)N1CC(F)CC1C#N. The van der Waals surface area contributed by atoms with Crippen molar-refractivity contribution in [1.29, 1.82) is 5.26 Å². The Balaban J connectivity index is 1.88. The van der Waals surface area contributed by atoms with Crippen LogP contribution in [0.15, 0.2) is 24.4 Å². The molecule has 3 atom stereocenters. The number of halogens is 1. The molecule has 9 heteroatoms. The summed E-state index contributed by atoms with van der Waals surface area (Å²) in [5.74, 6) is -0.522. The van der Waals surface area contributed by atoms with Crippen LogP contribution in [0.3, 0.4) is 0 Å². The van der Waals surface area contributed by atoms with Crippen LogP contribution >= 0.6 is 0 Å². The van der Waals surface area contributed by atoms with E-state index in [9.17, 15) is 19.2 Å². The number of nitriles is 1. The van der Waals surface area contributed by atoms with Crippen LogP contribution in [0.1, 0.15) is 32.8 Å². The van der Waals surface area contributed by atoms with Crippen LogP contribution in [-0.4, -0.2) is 52.3 Å². The molecular formula is C21H26FN5O3. The van der Waals surface area contributed by atoms with Gasteiger partial charge in [0.1, 0.15) is 23.9 Å². The fourth-order valence-corrected chi connectivity index (χ4v) is 3.59. The van der Waals surface area contributed by atoms with Gasteiger partial charge in [0.2, 0.25) is 5.91 Å². The van der Waals surface area contributed by atoms with Crippen LogP contribution in [-0.2, 0) is 16.0 Å². The number of nitrogens with one attached hydrogen (secondary N) is 2. The lowest BCUT2D eigenvalue weighted by atomic mass is 10.0. The van der Waals surface area contributed by atoms with Crippen molar-refractivity contribution in [2.24, 2.45) is 0 Å². The molecule has 160 valence electrons. The minimum absolute atomic E-state index is 0.0367. The maximum atomic E-state index is 13.9. The van der Waals surface area contributed by atoms with Crippen molar-refractivity contribution < 1.29 is 18.7 Å². The summed E-state index contributed by atoms with van der Waals surface area (Å²) in [6.45, 7) is 4.97. The molecule has 0 saturated carbocycles. The van der Waals surface area contributed by atoms with Gasteiger partial charge in [-0.15, -0.1) is 0 Å². The number of aromatic nitrogens is 1. The van der Waals surface area contributed by atoms with Crippen LogP contribution in [0.25, 0.3) is 10.9 Å². The summed E-state index contributed by atoms with van der Waals surface area (Å²) in [4.78, 5) is 29.9. The number of nitrogens with two attached hydrogens (primary N) is 1. The van der Waals surface area contributed by atoms with Gasteiger partial charge in [0.05, 0.1) is 12.6 Å². The average molecular weight is 415 g/mol. The summed E-state index contributed by atoms with van der Waals surface area (Å²) in [6.07, 6.45) is -0.193. The second-order valence-electron chi connectivity index (χ2n) is 8.49. The molecule has 3 rings (SSSR count). The van der Waals surface area contributed by atoms with E-state index in [1.165, 1.54) is 4.90 Å². The van der Waals surface area contributed by atoms with Gasteiger partial charge in [0.25, 0.3) is 0 Å². The molecule has 1 fully saturated rings. The number of hydrogen-bond acceptors (Lipinski definition) is 5. The summed E-state index contributed by atoms with van der Waals surface area (Å²) in [5, 5.41) is 12.7. The highest BCUT2D eigenvalue weighted by Gasteiger charge is 2.39. The minimum Gasteiger partial charge on any atom is -0.444 e. The summed E-state index contributed by atoms with van der Waals surface area (Å²) < 4.78 is 19.2. The number of amides is 2. The molecule has 0 bridgehead atoms. The molecule has 2 heterocycles. The van der Waals surface area contributed by atoms with E-state index in [4.69, 9.17) is 10.5 Å². The second kappa shape index (κ2) is 8.22. The standard InChI is InChI=1S/C21H26FN5O3/c1-21(2,3)30-20(29)26-18(19(28)27-11-13(22)7-15(27)9-23)6-12-10-25-17-5-4-14(24)8-16(12)17/h4-5,8,10,13,15,18,25H,6-7,11,24H2,1-3H3,(H,26,29). The first-order valence-corrected chi connectivity index (χ1v) is 9.76. The van der Waals surface area contributed by atoms with Crippen molar-refractivity contribution in [2.75, 3.05) is 12.3 Å². The number of benzene rings is 1. The molecule has 4 N–H and O–H groups in total. The molecule has 8 nitrogen and oxygen atoms in total. The fourth-order valence-electron chi connectivity index (χ4n) is 3.59.